The lowest BCUT2D eigenvalue weighted by atomic mass is 9.79. The van der Waals surface area contributed by atoms with Crippen molar-refractivity contribution in [3.8, 4) is 0 Å². The molecule has 0 aromatic heterocycles. The van der Waals surface area contributed by atoms with Gasteiger partial charge in [-0.25, -0.2) is 9.59 Å². The minimum Gasteiger partial charge on any atom is -0.466 e. The number of hydrogen-bond donors (Lipinski definition) is 2. The van der Waals surface area contributed by atoms with Gasteiger partial charge in [0.05, 0.1) is 41.8 Å². The van der Waals surface area contributed by atoms with E-state index in [-0.39, 0.29) is 35.4 Å². The van der Waals surface area contributed by atoms with E-state index < -0.39 is 47.4 Å². The van der Waals surface area contributed by atoms with E-state index in [1.807, 2.05) is 0 Å². The number of fused-ring (bicyclic) bond motifs is 1. The van der Waals surface area contributed by atoms with Crippen LogP contribution < -0.4 is 5.32 Å². The number of aliphatic hydroxyl groups excluding tert-OH is 1. The lowest BCUT2D eigenvalue weighted by Crippen LogP contribution is -2.34. The molecule has 1 aromatic rings. The molecule has 176 valence electrons. The molecule has 11 nitrogen and oxygen atoms in total. The average molecular weight is 460 g/mol. The van der Waals surface area contributed by atoms with Crippen LogP contribution in [0, 0.1) is 10.1 Å². The van der Waals surface area contributed by atoms with Gasteiger partial charge >= 0.3 is 11.9 Å². The van der Waals surface area contributed by atoms with Gasteiger partial charge in [0, 0.05) is 29.4 Å². The van der Waals surface area contributed by atoms with E-state index in [9.17, 15) is 24.8 Å². The van der Waals surface area contributed by atoms with Crippen molar-refractivity contribution in [2.24, 2.45) is 0 Å². The molecular weight excluding hydrogens is 436 g/mol. The highest BCUT2D eigenvalue weighted by Crippen LogP contribution is 2.43. The van der Waals surface area contributed by atoms with Crippen molar-refractivity contribution in [1.82, 2.24) is 5.32 Å². The molecule has 0 aliphatic carbocycles. The molecule has 3 heterocycles. The second kappa shape index (κ2) is 8.93. The lowest BCUT2D eigenvalue weighted by molar-refractivity contribution is -0.385. The predicted molar refractivity (Wildman–Crippen MR) is 112 cm³/mol. The van der Waals surface area contributed by atoms with E-state index >= 15 is 0 Å². The molecule has 33 heavy (non-hydrogen) atoms. The third-order valence-electron chi connectivity index (χ3n) is 6.03. The van der Waals surface area contributed by atoms with Crippen molar-refractivity contribution in [1.29, 1.82) is 0 Å². The summed E-state index contributed by atoms with van der Waals surface area (Å²) in [5, 5.41) is 24.7. The van der Waals surface area contributed by atoms with Crippen LogP contribution in [0.15, 0.2) is 46.8 Å². The number of nitro groups is 1. The summed E-state index contributed by atoms with van der Waals surface area (Å²) in [6.45, 7) is 3.39. The van der Waals surface area contributed by atoms with Crippen LogP contribution in [0.2, 0.25) is 0 Å². The number of nitrogens with zero attached hydrogens (tertiary/aromatic N) is 1. The van der Waals surface area contributed by atoms with Crippen molar-refractivity contribution in [2.75, 3.05) is 13.7 Å². The fourth-order valence-corrected chi connectivity index (χ4v) is 4.57. The Morgan fingerprint density at radius 1 is 1.18 bits per heavy atom. The molecule has 0 radical (unpaired) electrons. The number of carbonyl (C=O) groups excluding carboxylic acids is 2. The molecule has 2 fully saturated rings. The zero-order valence-corrected chi connectivity index (χ0v) is 18.3. The normalized spacial score (nSPS) is 28.9. The van der Waals surface area contributed by atoms with Gasteiger partial charge in [-0.15, -0.1) is 0 Å². The standard InChI is InChI=1S/C22H24N2O9/c1-10-17(21(26)30-3)19(12-6-4-5-7-13(12)24(28)29)18(11(2)23-10)22(27)33-16-8-15-20(32-16)14(25)9-31-15/h4-7,14-16,19-20,23,25H,8-9H2,1-3H3/t14-,15+,16+,19?,20-/m1/s1. The molecule has 1 unspecified atom stereocenters. The number of esters is 2. The molecule has 3 aliphatic heterocycles. The fraction of sp³-hybridized carbons (Fsp3) is 0.455. The quantitative estimate of drug-likeness (QED) is 0.376. The number of hydrogen-bond acceptors (Lipinski definition) is 10. The first kappa shape index (κ1) is 22.9. The monoisotopic (exact) mass is 460 g/mol. The number of carbonyl (C=O) groups is 2. The Morgan fingerprint density at radius 2 is 1.85 bits per heavy atom. The van der Waals surface area contributed by atoms with Gasteiger partial charge in [0.1, 0.15) is 12.2 Å². The molecule has 3 aliphatic rings. The highest BCUT2D eigenvalue weighted by Gasteiger charge is 2.48. The number of methoxy groups -OCH3 is 1. The first-order chi connectivity index (χ1) is 15.7. The molecule has 5 atom stereocenters. The maximum Gasteiger partial charge on any atom is 0.339 e. The fourth-order valence-electron chi connectivity index (χ4n) is 4.57. The summed E-state index contributed by atoms with van der Waals surface area (Å²) in [4.78, 5) is 37.2. The molecule has 0 amide bonds. The maximum absolute atomic E-state index is 13.3. The van der Waals surface area contributed by atoms with E-state index in [1.54, 1.807) is 19.9 Å². The number of ether oxygens (including phenoxy) is 4. The van der Waals surface area contributed by atoms with Crippen LogP contribution in [-0.2, 0) is 28.5 Å². The number of dihydropyridines is 1. The van der Waals surface area contributed by atoms with Crippen LogP contribution >= 0.6 is 0 Å². The molecule has 11 heteroatoms. The second-order valence-corrected chi connectivity index (χ2v) is 8.05. The van der Waals surface area contributed by atoms with Gasteiger partial charge < -0.3 is 29.4 Å². The summed E-state index contributed by atoms with van der Waals surface area (Å²) in [5.74, 6) is -2.64. The number of aliphatic hydroxyl groups is 1. The van der Waals surface area contributed by atoms with Crippen molar-refractivity contribution in [2.45, 2.75) is 50.8 Å². The number of nitrogens with one attached hydrogen (secondary N) is 1. The first-order valence-corrected chi connectivity index (χ1v) is 10.4. The van der Waals surface area contributed by atoms with Gasteiger partial charge in [0.25, 0.3) is 5.69 Å². The summed E-state index contributed by atoms with van der Waals surface area (Å²) < 4.78 is 21.6. The third kappa shape index (κ3) is 4.10. The molecule has 0 saturated carbocycles. The molecule has 2 saturated heterocycles. The molecule has 1 aromatic carbocycles. The summed E-state index contributed by atoms with van der Waals surface area (Å²) in [6.07, 6.45) is -2.53. The Bertz CT molecular complexity index is 1060. The van der Waals surface area contributed by atoms with E-state index in [2.05, 4.69) is 5.32 Å². The van der Waals surface area contributed by atoms with Crippen LogP contribution in [-0.4, -0.2) is 60.3 Å². The van der Waals surface area contributed by atoms with Crippen molar-refractivity contribution < 1.29 is 38.6 Å². The zero-order chi connectivity index (χ0) is 23.9. The molecule has 0 spiro atoms. The van der Waals surface area contributed by atoms with Gasteiger partial charge in [-0.05, 0) is 13.8 Å². The van der Waals surface area contributed by atoms with Crippen LogP contribution in [0.3, 0.4) is 0 Å². The largest absolute Gasteiger partial charge is 0.466 e. The van der Waals surface area contributed by atoms with Crippen molar-refractivity contribution in [3.63, 3.8) is 0 Å². The second-order valence-electron chi connectivity index (χ2n) is 8.05. The minimum atomic E-state index is -1.10. The summed E-state index contributed by atoms with van der Waals surface area (Å²) in [6, 6.07) is 5.89. The van der Waals surface area contributed by atoms with Gasteiger partial charge in [-0.1, -0.05) is 18.2 Å². The lowest BCUT2D eigenvalue weighted by Gasteiger charge is -2.30. The topological polar surface area (TPSA) is 146 Å². The Labute approximate surface area is 189 Å². The zero-order valence-electron chi connectivity index (χ0n) is 18.3. The van der Waals surface area contributed by atoms with Gasteiger partial charge in [0.15, 0.2) is 0 Å². The number of benzene rings is 1. The van der Waals surface area contributed by atoms with Gasteiger partial charge in [0.2, 0.25) is 6.29 Å². The van der Waals surface area contributed by atoms with Crippen molar-refractivity contribution in [3.05, 3.63) is 62.5 Å². The highest BCUT2D eigenvalue weighted by atomic mass is 16.7. The SMILES string of the molecule is COC(=O)C1=C(C)NC(C)=C(C(=O)O[C@H]2C[C@@H]3OC[C@@H](O)[C@H]3O2)C1c1ccccc1[N+](=O)[O-]. The number of nitro benzene ring substituents is 1. The van der Waals surface area contributed by atoms with Crippen molar-refractivity contribution >= 4 is 17.6 Å². The van der Waals surface area contributed by atoms with E-state index in [1.165, 1.54) is 25.3 Å². The molecule has 0 bridgehead atoms. The first-order valence-electron chi connectivity index (χ1n) is 10.4. The van der Waals surface area contributed by atoms with E-state index in [0.29, 0.717) is 11.4 Å². The van der Waals surface area contributed by atoms with Gasteiger partial charge in [-0.3, -0.25) is 10.1 Å². The highest BCUT2D eigenvalue weighted by molar-refractivity contribution is 6.00. The number of allylic oxidation sites excluding steroid dienone is 2. The van der Waals surface area contributed by atoms with E-state index in [0.717, 1.165) is 0 Å². The summed E-state index contributed by atoms with van der Waals surface area (Å²) >= 11 is 0. The predicted octanol–water partition coefficient (Wildman–Crippen LogP) is 1.42. The molecule has 4 rings (SSSR count). The number of rotatable bonds is 5. The Morgan fingerprint density at radius 3 is 2.48 bits per heavy atom. The minimum absolute atomic E-state index is 0.0254. The van der Waals surface area contributed by atoms with Crippen LogP contribution in [0.4, 0.5) is 5.69 Å². The Balaban J connectivity index is 1.72. The molecule has 2 N–H and O–H groups in total. The number of para-hydroxylation sites is 1. The maximum atomic E-state index is 13.3. The Kier molecular flexibility index (Phi) is 6.19. The smallest absolute Gasteiger partial charge is 0.339 e. The van der Waals surface area contributed by atoms with E-state index in [4.69, 9.17) is 18.9 Å². The molecular formula is C22H24N2O9. The van der Waals surface area contributed by atoms with Crippen LogP contribution in [0.25, 0.3) is 0 Å². The summed E-state index contributed by atoms with van der Waals surface area (Å²) in [7, 11) is 1.19. The average Bonchev–Trinajstić information content (AvgIpc) is 3.33. The third-order valence-corrected chi connectivity index (χ3v) is 6.03. The van der Waals surface area contributed by atoms with Crippen LogP contribution in [0.5, 0.6) is 0 Å². The Hall–Kier alpha value is -3.28. The van der Waals surface area contributed by atoms with Gasteiger partial charge in [-0.2, -0.15) is 0 Å². The van der Waals surface area contributed by atoms with Crippen LogP contribution in [0.1, 0.15) is 31.7 Å². The summed E-state index contributed by atoms with van der Waals surface area (Å²) in [5.41, 5.74) is 0.771.